The summed E-state index contributed by atoms with van der Waals surface area (Å²) in [6.07, 6.45) is -7.25. The fraction of sp³-hybridized carbons (Fsp3) is 0.400. The SMILES string of the molecule is CC(C)(C)C1=C(C(=O)O)C(C(F)(F)F)Oc2ccccc21. The summed E-state index contributed by atoms with van der Waals surface area (Å²) in [5, 5.41) is 9.29. The van der Waals surface area contributed by atoms with Crippen molar-refractivity contribution in [2.24, 2.45) is 5.41 Å². The number of rotatable bonds is 1. The number of ether oxygens (including phenoxy) is 1. The lowest BCUT2D eigenvalue weighted by Crippen LogP contribution is -2.42. The molecule has 0 aliphatic carbocycles. The second-order valence-corrected chi connectivity index (χ2v) is 5.88. The number of carboxylic acids is 1. The molecule has 1 aromatic carbocycles. The molecule has 1 heterocycles. The van der Waals surface area contributed by atoms with E-state index in [0.29, 0.717) is 5.56 Å². The Balaban J connectivity index is 2.81. The van der Waals surface area contributed by atoms with Crippen LogP contribution in [0.5, 0.6) is 5.75 Å². The smallest absolute Gasteiger partial charge is 0.430 e. The molecule has 0 saturated carbocycles. The van der Waals surface area contributed by atoms with Gasteiger partial charge in [0.05, 0.1) is 5.57 Å². The minimum atomic E-state index is -4.79. The third-order valence-corrected chi connectivity index (χ3v) is 3.21. The van der Waals surface area contributed by atoms with Gasteiger partial charge < -0.3 is 9.84 Å². The van der Waals surface area contributed by atoms with Gasteiger partial charge in [-0.3, -0.25) is 0 Å². The third-order valence-electron chi connectivity index (χ3n) is 3.21. The lowest BCUT2D eigenvalue weighted by molar-refractivity contribution is -0.187. The Morgan fingerprint density at radius 3 is 2.24 bits per heavy atom. The summed E-state index contributed by atoms with van der Waals surface area (Å²) in [6.45, 7) is 5.04. The summed E-state index contributed by atoms with van der Waals surface area (Å²) in [7, 11) is 0. The van der Waals surface area contributed by atoms with Gasteiger partial charge >= 0.3 is 12.1 Å². The van der Waals surface area contributed by atoms with Crippen molar-refractivity contribution in [3.63, 3.8) is 0 Å². The number of hydrogen-bond acceptors (Lipinski definition) is 2. The number of allylic oxidation sites excluding steroid dienone is 1. The summed E-state index contributed by atoms with van der Waals surface area (Å²) in [4.78, 5) is 11.4. The largest absolute Gasteiger partial charge is 0.478 e. The van der Waals surface area contributed by atoms with Crippen LogP contribution in [-0.4, -0.2) is 23.4 Å². The fourth-order valence-electron chi connectivity index (χ4n) is 2.50. The van der Waals surface area contributed by atoms with Crippen LogP contribution in [-0.2, 0) is 4.79 Å². The number of aliphatic carboxylic acids is 1. The van der Waals surface area contributed by atoms with Gasteiger partial charge in [-0.05, 0) is 17.1 Å². The molecule has 1 aliphatic heterocycles. The summed E-state index contributed by atoms with van der Waals surface area (Å²) in [5.74, 6) is -1.56. The van der Waals surface area contributed by atoms with Gasteiger partial charge in [-0.1, -0.05) is 39.0 Å². The van der Waals surface area contributed by atoms with Gasteiger partial charge in [-0.15, -0.1) is 0 Å². The Morgan fingerprint density at radius 1 is 1.19 bits per heavy atom. The van der Waals surface area contributed by atoms with Crippen LogP contribution < -0.4 is 4.74 Å². The Kier molecular flexibility index (Phi) is 3.51. The van der Waals surface area contributed by atoms with Gasteiger partial charge in [0.1, 0.15) is 5.75 Å². The first-order chi connectivity index (χ1) is 9.53. The molecule has 0 radical (unpaired) electrons. The molecule has 0 bridgehead atoms. The van der Waals surface area contributed by atoms with Crippen molar-refractivity contribution in [1.29, 1.82) is 0 Å². The van der Waals surface area contributed by atoms with Gasteiger partial charge in [-0.25, -0.2) is 4.79 Å². The Labute approximate surface area is 120 Å². The number of benzene rings is 1. The summed E-state index contributed by atoms with van der Waals surface area (Å²) >= 11 is 0. The summed E-state index contributed by atoms with van der Waals surface area (Å²) in [5.41, 5.74) is -0.965. The van der Waals surface area contributed by atoms with Gasteiger partial charge in [0.15, 0.2) is 0 Å². The molecule has 0 amide bonds. The maximum absolute atomic E-state index is 13.2. The van der Waals surface area contributed by atoms with Crippen molar-refractivity contribution < 1.29 is 27.8 Å². The highest BCUT2D eigenvalue weighted by Crippen LogP contribution is 2.48. The van der Waals surface area contributed by atoms with Gasteiger partial charge in [0.25, 0.3) is 0 Å². The Bertz CT molecular complexity index is 609. The van der Waals surface area contributed by atoms with E-state index in [2.05, 4.69) is 0 Å². The molecule has 1 atom stereocenters. The zero-order chi connectivity index (χ0) is 16.0. The van der Waals surface area contributed by atoms with Crippen LogP contribution in [0, 0.1) is 5.41 Å². The summed E-state index contributed by atoms with van der Waals surface area (Å²) in [6, 6.07) is 6.18. The van der Waals surface area contributed by atoms with Crippen LogP contribution in [0.2, 0.25) is 0 Å². The van der Waals surface area contributed by atoms with Crippen LogP contribution in [0.25, 0.3) is 5.57 Å². The van der Waals surface area contributed by atoms with E-state index >= 15 is 0 Å². The van der Waals surface area contributed by atoms with Gasteiger partial charge in [-0.2, -0.15) is 13.2 Å². The standard InChI is InChI=1S/C15H15F3O3/c1-14(2,3)11-8-6-4-5-7-9(8)21-12(15(16,17)18)10(11)13(19)20/h4-7,12H,1-3H3,(H,19,20). The first-order valence-electron chi connectivity index (χ1n) is 6.34. The lowest BCUT2D eigenvalue weighted by Gasteiger charge is -2.35. The second-order valence-electron chi connectivity index (χ2n) is 5.88. The maximum Gasteiger partial charge on any atom is 0.430 e. The highest BCUT2D eigenvalue weighted by Gasteiger charge is 2.51. The molecule has 0 saturated heterocycles. The second kappa shape index (κ2) is 4.79. The third kappa shape index (κ3) is 2.75. The van der Waals surface area contributed by atoms with Crippen molar-refractivity contribution in [3.8, 4) is 5.75 Å². The van der Waals surface area contributed by atoms with Crippen molar-refractivity contribution in [2.75, 3.05) is 0 Å². The first kappa shape index (κ1) is 15.4. The van der Waals surface area contributed by atoms with Crippen molar-refractivity contribution in [2.45, 2.75) is 33.1 Å². The molecule has 1 unspecified atom stereocenters. The highest BCUT2D eigenvalue weighted by atomic mass is 19.4. The number of carbonyl (C=O) groups is 1. The normalized spacial score (nSPS) is 19.0. The quantitative estimate of drug-likeness (QED) is 0.855. The minimum absolute atomic E-state index is 0.0507. The van der Waals surface area contributed by atoms with E-state index in [0.717, 1.165) is 0 Å². The van der Waals surface area contributed by atoms with Crippen LogP contribution in [0.4, 0.5) is 13.2 Å². The van der Waals surface area contributed by atoms with Crippen LogP contribution >= 0.6 is 0 Å². The number of alkyl halides is 3. The molecule has 0 spiro atoms. The van der Waals surface area contributed by atoms with E-state index in [1.807, 2.05) is 0 Å². The van der Waals surface area contributed by atoms with E-state index in [1.54, 1.807) is 39.0 Å². The van der Waals surface area contributed by atoms with Gasteiger partial charge in [0.2, 0.25) is 6.10 Å². The molecule has 1 aliphatic rings. The molecule has 2 rings (SSSR count). The highest BCUT2D eigenvalue weighted by molar-refractivity contribution is 6.00. The predicted octanol–water partition coefficient (Wildman–Crippen LogP) is 3.89. The van der Waals surface area contributed by atoms with Crippen LogP contribution in [0.1, 0.15) is 26.3 Å². The predicted molar refractivity (Wildman–Crippen MR) is 70.9 cm³/mol. The van der Waals surface area contributed by atoms with E-state index in [4.69, 9.17) is 4.74 Å². The lowest BCUT2D eigenvalue weighted by atomic mass is 9.76. The van der Waals surface area contributed by atoms with Crippen LogP contribution in [0.15, 0.2) is 29.8 Å². The van der Waals surface area contributed by atoms with E-state index in [-0.39, 0.29) is 11.3 Å². The maximum atomic E-state index is 13.2. The molecule has 1 N–H and O–H groups in total. The van der Waals surface area contributed by atoms with E-state index in [9.17, 15) is 23.1 Å². The van der Waals surface area contributed by atoms with Crippen molar-refractivity contribution >= 4 is 11.5 Å². The first-order valence-corrected chi connectivity index (χ1v) is 6.34. The summed E-state index contributed by atoms with van der Waals surface area (Å²) < 4.78 is 44.5. The molecule has 114 valence electrons. The minimum Gasteiger partial charge on any atom is -0.478 e. The number of halogens is 3. The molecular formula is C15H15F3O3. The number of fused-ring (bicyclic) bond motifs is 1. The van der Waals surface area contributed by atoms with Crippen molar-refractivity contribution in [3.05, 3.63) is 35.4 Å². The molecular weight excluding hydrogens is 285 g/mol. The number of para-hydroxylation sites is 1. The number of carboxylic acid groups (broad SMARTS) is 1. The van der Waals surface area contributed by atoms with Gasteiger partial charge in [0, 0.05) is 5.56 Å². The molecule has 0 aromatic heterocycles. The monoisotopic (exact) mass is 300 g/mol. The molecule has 1 aromatic rings. The Morgan fingerprint density at radius 2 is 1.76 bits per heavy atom. The van der Waals surface area contributed by atoms with Crippen LogP contribution in [0.3, 0.4) is 0 Å². The zero-order valence-corrected chi connectivity index (χ0v) is 11.8. The average Bonchev–Trinajstić information content (AvgIpc) is 2.33. The molecule has 6 heteroatoms. The molecule has 21 heavy (non-hydrogen) atoms. The number of hydrogen-bond donors (Lipinski definition) is 1. The van der Waals surface area contributed by atoms with Crippen molar-refractivity contribution in [1.82, 2.24) is 0 Å². The Hall–Kier alpha value is -1.98. The molecule has 3 nitrogen and oxygen atoms in total. The fourth-order valence-corrected chi connectivity index (χ4v) is 2.50. The average molecular weight is 300 g/mol. The topological polar surface area (TPSA) is 46.5 Å². The van der Waals surface area contributed by atoms with E-state index in [1.165, 1.54) is 6.07 Å². The molecule has 0 fully saturated rings. The van der Waals surface area contributed by atoms with E-state index < -0.39 is 29.2 Å². The zero-order valence-electron chi connectivity index (χ0n) is 11.8.